The van der Waals surface area contributed by atoms with Gasteiger partial charge in [0.15, 0.2) is 0 Å². The highest BCUT2D eigenvalue weighted by Gasteiger charge is 2.04. The van der Waals surface area contributed by atoms with Crippen LogP contribution >= 0.6 is 24.8 Å². The summed E-state index contributed by atoms with van der Waals surface area (Å²) in [7, 11) is 0. The first kappa shape index (κ1) is 33.6. The fourth-order valence-electron chi connectivity index (χ4n) is 3.24. The molecule has 16 nitrogen and oxygen atoms in total. The zero-order valence-corrected chi connectivity index (χ0v) is 23.5. The third-order valence-electron chi connectivity index (χ3n) is 5.12. The monoisotopic (exact) mass is 594 g/mol. The van der Waals surface area contributed by atoms with Gasteiger partial charge >= 0.3 is 0 Å². The minimum atomic E-state index is 0. The van der Waals surface area contributed by atoms with Crippen molar-refractivity contribution in [1.29, 1.82) is 0 Å². The Balaban J connectivity index is 0.00000400. The van der Waals surface area contributed by atoms with Crippen LogP contribution in [0.25, 0.3) is 0 Å². The molecule has 218 valence electrons. The summed E-state index contributed by atoms with van der Waals surface area (Å²) in [5.41, 5.74) is 36.1. The highest BCUT2D eigenvalue weighted by Crippen LogP contribution is 2.07. The van der Waals surface area contributed by atoms with Crippen molar-refractivity contribution in [3.8, 4) is 0 Å². The van der Waals surface area contributed by atoms with E-state index in [0.29, 0.717) is 49.7 Å². The van der Waals surface area contributed by atoms with E-state index in [4.69, 9.17) is 34.4 Å². The Hall–Kier alpha value is -4.44. The molecule has 0 saturated carbocycles. The van der Waals surface area contributed by atoms with Crippen LogP contribution in [0.15, 0.2) is 34.3 Å². The lowest BCUT2D eigenvalue weighted by Crippen LogP contribution is -2.17. The number of benzene rings is 1. The van der Waals surface area contributed by atoms with E-state index in [9.17, 15) is 0 Å². The van der Waals surface area contributed by atoms with E-state index in [0.717, 1.165) is 36.8 Å². The molecule has 0 aliphatic carbocycles. The van der Waals surface area contributed by atoms with Crippen molar-refractivity contribution in [3.63, 3.8) is 0 Å². The van der Waals surface area contributed by atoms with Gasteiger partial charge in [0.25, 0.3) is 0 Å². The lowest BCUT2D eigenvalue weighted by atomic mass is 10.1. The zero-order valence-electron chi connectivity index (χ0n) is 21.8. The molecule has 0 fully saturated rings. The molecule has 18 heteroatoms. The molecule has 0 amide bonds. The number of hydrogen-bond acceptors (Lipinski definition) is 14. The summed E-state index contributed by atoms with van der Waals surface area (Å²) in [6, 6.07) is 7.51. The van der Waals surface area contributed by atoms with Crippen molar-refractivity contribution in [1.82, 2.24) is 29.9 Å². The summed E-state index contributed by atoms with van der Waals surface area (Å²) in [4.78, 5) is 32.2. The molecule has 14 N–H and O–H groups in total. The summed E-state index contributed by atoms with van der Waals surface area (Å²) in [6.07, 6.45) is 3.33. The van der Waals surface area contributed by atoms with E-state index in [1.165, 1.54) is 0 Å². The zero-order chi connectivity index (χ0) is 27.3. The first-order valence-corrected chi connectivity index (χ1v) is 12.0. The quantitative estimate of drug-likeness (QED) is 0.0712. The summed E-state index contributed by atoms with van der Waals surface area (Å²) >= 11 is 0. The Bertz CT molecular complexity index is 1120. The van der Waals surface area contributed by atoms with E-state index in [-0.39, 0.29) is 48.6 Å². The van der Waals surface area contributed by atoms with Gasteiger partial charge in [-0.3, -0.25) is 9.98 Å². The molecule has 0 spiro atoms. The van der Waals surface area contributed by atoms with E-state index in [1.54, 1.807) is 0 Å². The second-order valence-corrected chi connectivity index (χ2v) is 8.13. The lowest BCUT2D eigenvalue weighted by molar-refractivity contribution is 0.769. The van der Waals surface area contributed by atoms with Gasteiger partial charge in [-0.05, 0) is 25.7 Å². The van der Waals surface area contributed by atoms with Gasteiger partial charge in [-0.25, -0.2) is 0 Å². The van der Waals surface area contributed by atoms with Gasteiger partial charge in [-0.1, -0.05) is 24.3 Å². The maximum absolute atomic E-state index is 6.13. The van der Waals surface area contributed by atoms with Gasteiger partial charge in [-0.15, -0.1) is 24.8 Å². The molecule has 2 heterocycles. The third-order valence-corrected chi connectivity index (χ3v) is 5.12. The predicted octanol–water partition coefficient (Wildman–Crippen LogP) is 0.424. The number of nitrogens with zero attached hydrogens (tertiary/aromatic N) is 8. The molecule has 40 heavy (non-hydrogen) atoms. The molecule has 3 aromatic rings. The Morgan fingerprint density at radius 2 is 0.875 bits per heavy atom. The largest absolute Gasteiger partial charge is 0.384 e. The minimum absolute atomic E-state index is 0. The highest BCUT2D eigenvalue weighted by atomic mass is 35.5. The van der Waals surface area contributed by atoms with Crippen molar-refractivity contribution >= 4 is 72.2 Å². The van der Waals surface area contributed by atoms with Crippen molar-refractivity contribution in [2.45, 2.75) is 25.7 Å². The van der Waals surface area contributed by atoms with Gasteiger partial charge < -0.3 is 45.0 Å². The van der Waals surface area contributed by atoms with E-state index in [2.05, 4.69) is 50.5 Å². The Morgan fingerprint density at radius 1 is 0.550 bits per heavy atom. The van der Waals surface area contributed by atoms with E-state index >= 15 is 0 Å². The topological polar surface area (TPSA) is 282 Å². The summed E-state index contributed by atoms with van der Waals surface area (Å²) < 4.78 is 0. The lowest BCUT2D eigenvalue weighted by Gasteiger charge is -2.06. The first-order valence-electron chi connectivity index (χ1n) is 12.0. The molecule has 0 aliphatic rings. The smallest absolute Gasteiger partial charge is 0.229 e. The van der Waals surface area contributed by atoms with Gasteiger partial charge in [0, 0.05) is 37.3 Å². The fourth-order valence-corrected chi connectivity index (χ4v) is 3.24. The van der Waals surface area contributed by atoms with Crippen molar-refractivity contribution < 1.29 is 0 Å². The maximum atomic E-state index is 6.13. The Kier molecular flexibility index (Phi) is 14.4. The molecule has 0 unspecified atom stereocenters. The van der Waals surface area contributed by atoms with Gasteiger partial charge in [-0.2, -0.15) is 29.9 Å². The molecule has 1 aromatic carbocycles. The summed E-state index contributed by atoms with van der Waals surface area (Å²) in [6.45, 7) is 2.46. The van der Waals surface area contributed by atoms with Gasteiger partial charge in [0.1, 0.15) is 11.7 Å². The van der Waals surface area contributed by atoms with Crippen molar-refractivity contribution in [3.05, 3.63) is 35.4 Å². The second-order valence-electron chi connectivity index (χ2n) is 8.13. The number of nitrogens with one attached hydrogen (secondary N) is 2. The number of unbranched alkanes of at least 4 members (excludes halogenated alkanes) is 2. The summed E-state index contributed by atoms with van der Waals surface area (Å²) in [5, 5.41) is 6.11. The number of nitrogens with two attached hydrogens (primary N) is 6. The van der Waals surface area contributed by atoms with Crippen molar-refractivity contribution in [2.75, 3.05) is 59.7 Å². The molecule has 0 saturated heterocycles. The molecule has 3 rings (SSSR count). The normalized spacial score (nSPS) is 11.3. The molecule has 0 bridgehead atoms. The Labute approximate surface area is 244 Å². The molecule has 0 radical (unpaired) electrons. The number of anilines is 6. The van der Waals surface area contributed by atoms with Gasteiger partial charge in [0.2, 0.25) is 35.7 Å². The highest BCUT2D eigenvalue weighted by molar-refractivity contribution is 6.00. The van der Waals surface area contributed by atoms with Gasteiger partial charge in [0.05, 0.1) is 0 Å². The van der Waals surface area contributed by atoms with Crippen LogP contribution in [-0.4, -0.2) is 67.8 Å². The molecule has 0 aliphatic heterocycles. The van der Waals surface area contributed by atoms with Crippen LogP contribution in [0.1, 0.15) is 36.8 Å². The molecular formula is C22H36Cl2N16. The van der Waals surface area contributed by atoms with Crippen LogP contribution in [0.3, 0.4) is 0 Å². The standard InChI is InChI=1S/C22H34N16.2ClH/c23-15(29-9-1-3-11-31-21-35-17(25)33-18(26)36-21)13-5-7-14(8-6-13)16(24)30-10-2-4-12-32-22-37-19(27)34-20(28)38-22;;/h5-8H,1-4,9-12H2,(H2,23,29)(H2,24,30)(H5,25,26,31,33,35,36)(H5,27,28,32,34,37,38);2*1H. The summed E-state index contributed by atoms with van der Waals surface area (Å²) in [5.74, 6) is 1.95. The number of rotatable bonds is 14. The van der Waals surface area contributed by atoms with Crippen molar-refractivity contribution in [2.24, 2.45) is 21.5 Å². The SMILES string of the molecule is Cl.Cl.NC(=NCCCCNc1nc(N)nc(N)n1)c1ccc(C(N)=NCCCCNc2nc(N)nc(N)n2)cc1. The van der Waals surface area contributed by atoms with E-state index < -0.39 is 0 Å². The minimum Gasteiger partial charge on any atom is -0.384 e. The van der Waals surface area contributed by atoms with Crippen LogP contribution < -0.4 is 45.0 Å². The number of halogens is 2. The number of amidine groups is 2. The van der Waals surface area contributed by atoms with Crippen LogP contribution in [-0.2, 0) is 0 Å². The molecule has 2 aromatic heterocycles. The van der Waals surface area contributed by atoms with E-state index in [1.807, 2.05) is 24.3 Å². The predicted molar refractivity (Wildman–Crippen MR) is 165 cm³/mol. The number of hydrogen-bond donors (Lipinski definition) is 8. The van der Waals surface area contributed by atoms with Crippen LogP contribution in [0.5, 0.6) is 0 Å². The van der Waals surface area contributed by atoms with Crippen LogP contribution in [0, 0.1) is 0 Å². The number of aliphatic imine (C=N–C) groups is 2. The number of nitrogen functional groups attached to an aromatic ring is 4. The average Bonchev–Trinajstić information content (AvgIpc) is 2.87. The molecule has 0 atom stereocenters. The number of aromatic nitrogens is 6. The van der Waals surface area contributed by atoms with Crippen LogP contribution in [0.2, 0.25) is 0 Å². The van der Waals surface area contributed by atoms with Crippen LogP contribution in [0.4, 0.5) is 35.7 Å². The molecular weight excluding hydrogens is 559 g/mol. The third kappa shape index (κ3) is 11.5. The second kappa shape index (κ2) is 17.2. The first-order chi connectivity index (χ1) is 18.3. The Morgan fingerprint density at radius 3 is 1.20 bits per heavy atom. The fraction of sp³-hybridized carbons (Fsp3) is 0.364. The average molecular weight is 596 g/mol. The maximum Gasteiger partial charge on any atom is 0.229 e.